The quantitative estimate of drug-likeness (QED) is 0.818. The average Bonchev–Trinajstić information content (AvgIpc) is 2.26. The Balaban J connectivity index is 2.71. The number of pyridine rings is 1. The molecule has 108 valence electrons. The first kappa shape index (κ1) is 16.5. The predicted octanol–water partition coefficient (Wildman–Crippen LogP) is 4.77. The van der Waals surface area contributed by atoms with E-state index in [1.54, 1.807) is 6.07 Å². The van der Waals surface area contributed by atoms with E-state index in [1.807, 2.05) is 6.92 Å². The summed E-state index contributed by atoms with van der Waals surface area (Å²) in [5.74, 6) is 0. The number of rotatable bonds is 6. The maximum absolute atomic E-state index is 12.1. The Morgan fingerprint density at radius 2 is 2.05 bits per heavy atom. The molecule has 19 heavy (non-hydrogen) atoms. The zero-order chi connectivity index (χ0) is 14.5. The highest BCUT2D eigenvalue weighted by Gasteiger charge is 2.27. The van der Waals surface area contributed by atoms with Crippen molar-refractivity contribution in [1.82, 2.24) is 10.3 Å². The van der Waals surface area contributed by atoms with E-state index in [1.165, 1.54) is 6.20 Å². The zero-order valence-corrected chi connectivity index (χ0v) is 11.9. The van der Waals surface area contributed by atoms with Gasteiger partial charge < -0.3 is 5.32 Å². The summed E-state index contributed by atoms with van der Waals surface area (Å²) < 4.78 is 36.4. The third-order valence-electron chi connectivity index (χ3n) is 2.57. The largest absolute Gasteiger partial charge is 0.389 e. The molecular formula is C12H15Cl2F3N2. The molecule has 0 aliphatic heterocycles. The van der Waals surface area contributed by atoms with Gasteiger partial charge in [-0.1, -0.05) is 30.1 Å². The molecule has 1 unspecified atom stereocenters. The molecule has 0 fully saturated rings. The smallest absolute Gasteiger partial charge is 0.309 e. The molecule has 7 heteroatoms. The van der Waals surface area contributed by atoms with Gasteiger partial charge in [0.05, 0.1) is 21.8 Å². The number of nitrogens with zero attached hydrogens (tertiary/aromatic N) is 1. The maximum Gasteiger partial charge on any atom is 0.389 e. The molecule has 0 spiro atoms. The average molecular weight is 315 g/mol. The van der Waals surface area contributed by atoms with Gasteiger partial charge in [-0.15, -0.1) is 0 Å². The number of hydrogen-bond acceptors (Lipinski definition) is 2. The first-order valence-corrected chi connectivity index (χ1v) is 6.70. The van der Waals surface area contributed by atoms with Crippen LogP contribution in [0, 0.1) is 0 Å². The molecule has 1 heterocycles. The second kappa shape index (κ2) is 7.31. The minimum Gasteiger partial charge on any atom is -0.309 e. The fourth-order valence-electron chi connectivity index (χ4n) is 1.77. The summed E-state index contributed by atoms with van der Waals surface area (Å²) >= 11 is 11.8. The topological polar surface area (TPSA) is 24.9 Å². The Hall–Kier alpha value is -0.520. The minimum absolute atomic E-state index is 0.0296. The third kappa shape index (κ3) is 5.97. The van der Waals surface area contributed by atoms with Crippen molar-refractivity contribution >= 4 is 23.2 Å². The van der Waals surface area contributed by atoms with E-state index in [0.717, 1.165) is 0 Å². The molecule has 0 radical (unpaired) electrons. The maximum atomic E-state index is 12.1. The number of aromatic nitrogens is 1. The molecule has 2 nitrogen and oxygen atoms in total. The predicted molar refractivity (Wildman–Crippen MR) is 70.6 cm³/mol. The van der Waals surface area contributed by atoms with Gasteiger partial charge in [-0.25, -0.2) is 0 Å². The molecule has 0 aliphatic rings. The molecule has 0 bridgehead atoms. The van der Waals surface area contributed by atoms with Gasteiger partial charge in [0.2, 0.25) is 0 Å². The van der Waals surface area contributed by atoms with Crippen molar-refractivity contribution in [2.45, 2.75) is 38.4 Å². The Kier molecular flexibility index (Phi) is 6.36. The van der Waals surface area contributed by atoms with Crippen LogP contribution in [0.3, 0.4) is 0 Å². The highest BCUT2D eigenvalue weighted by atomic mass is 35.5. The highest BCUT2D eigenvalue weighted by molar-refractivity contribution is 6.34. The summed E-state index contributed by atoms with van der Waals surface area (Å²) in [5, 5.41) is 3.86. The SMILES string of the molecule is CCNC(CCCC(F)(F)F)c1ncc(Cl)cc1Cl. The van der Waals surface area contributed by atoms with Crippen LogP contribution in [0.1, 0.15) is 37.9 Å². The fourth-order valence-corrected chi connectivity index (χ4v) is 2.28. The standard InChI is InChI=1S/C12H15Cl2F3N2/c1-2-18-10(4-3-5-12(15,16)17)11-9(14)6-8(13)7-19-11/h6-7,10,18H,2-5H2,1H3. The van der Waals surface area contributed by atoms with Crippen LogP contribution >= 0.6 is 23.2 Å². The zero-order valence-electron chi connectivity index (χ0n) is 10.4. The first-order chi connectivity index (χ1) is 8.83. The summed E-state index contributed by atoms with van der Waals surface area (Å²) in [7, 11) is 0. The molecular weight excluding hydrogens is 300 g/mol. The van der Waals surface area contributed by atoms with Crippen molar-refractivity contribution in [2.75, 3.05) is 6.54 Å². The molecule has 0 amide bonds. The van der Waals surface area contributed by atoms with Crippen LogP contribution in [0.15, 0.2) is 12.3 Å². The molecule has 1 N–H and O–H groups in total. The van der Waals surface area contributed by atoms with Crippen molar-refractivity contribution in [1.29, 1.82) is 0 Å². The number of hydrogen-bond donors (Lipinski definition) is 1. The van der Waals surface area contributed by atoms with Gasteiger partial charge in [-0.05, 0) is 25.5 Å². The summed E-state index contributed by atoms with van der Waals surface area (Å²) in [6.07, 6.45) is -3.14. The van der Waals surface area contributed by atoms with Crippen molar-refractivity contribution < 1.29 is 13.2 Å². The van der Waals surface area contributed by atoms with E-state index in [9.17, 15) is 13.2 Å². The molecule has 0 aliphatic carbocycles. The first-order valence-electron chi connectivity index (χ1n) is 5.94. The van der Waals surface area contributed by atoms with Gasteiger partial charge >= 0.3 is 6.18 Å². The lowest BCUT2D eigenvalue weighted by Gasteiger charge is -2.19. The lowest BCUT2D eigenvalue weighted by molar-refractivity contribution is -0.135. The summed E-state index contributed by atoms with van der Waals surface area (Å²) in [4.78, 5) is 4.10. The Labute approximate surface area is 120 Å². The van der Waals surface area contributed by atoms with E-state index in [0.29, 0.717) is 28.7 Å². The molecule has 0 saturated heterocycles. The van der Waals surface area contributed by atoms with E-state index < -0.39 is 12.6 Å². The van der Waals surface area contributed by atoms with Crippen molar-refractivity contribution in [3.05, 3.63) is 28.0 Å². The van der Waals surface area contributed by atoms with Gasteiger partial charge in [-0.2, -0.15) is 13.2 Å². The lowest BCUT2D eigenvalue weighted by Crippen LogP contribution is -2.23. The molecule has 0 aromatic carbocycles. The second-order valence-corrected chi connectivity index (χ2v) is 4.98. The van der Waals surface area contributed by atoms with E-state index in [2.05, 4.69) is 10.3 Å². The van der Waals surface area contributed by atoms with Crippen LogP contribution in [-0.2, 0) is 0 Å². The van der Waals surface area contributed by atoms with Crippen molar-refractivity contribution in [3.8, 4) is 0 Å². The van der Waals surface area contributed by atoms with Crippen molar-refractivity contribution in [2.24, 2.45) is 0 Å². The molecule has 1 rings (SSSR count). The van der Waals surface area contributed by atoms with Gasteiger partial charge in [0.15, 0.2) is 0 Å². The Morgan fingerprint density at radius 3 is 2.58 bits per heavy atom. The summed E-state index contributed by atoms with van der Waals surface area (Å²) in [6.45, 7) is 2.50. The third-order valence-corrected chi connectivity index (χ3v) is 3.08. The number of nitrogens with one attached hydrogen (secondary N) is 1. The van der Waals surface area contributed by atoms with Gasteiger partial charge in [0, 0.05) is 12.6 Å². The van der Waals surface area contributed by atoms with Crippen LogP contribution in [0.5, 0.6) is 0 Å². The van der Waals surface area contributed by atoms with Crippen LogP contribution in [0.2, 0.25) is 10.0 Å². The second-order valence-electron chi connectivity index (χ2n) is 4.14. The minimum atomic E-state index is -4.13. The summed E-state index contributed by atoms with van der Waals surface area (Å²) in [6, 6.07) is 1.25. The van der Waals surface area contributed by atoms with Crippen LogP contribution < -0.4 is 5.32 Å². The molecule has 1 aromatic rings. The van der Waals surface area contributed by atoms with Crippen LogP contribution in [0.4, 0.5) is 13.2 Å². The van der Waals surface area contributed by atoms with E-state index in [4.69, 9.17) is 23.2 Å². The Bertz CT molecular complexity index is 410. The fraction of sp³-hybridized carbons (Fsp3) is 0.583. The Morgan fingerprint density at radius 1 is 1.37 bits per heavy atom. The molecule has 1 aromatic heterocycles. The lowest BCUT2D eigenvalue weighted by atomic mass is 10.1. The van der Waals surface area contributed by atoms with E-state index in [-0.39, 0.29) is 12.5 Å². The van der Waals surface area contributed by atoms with Crippen molar-refractivity contribution in [3.63, 3.8) is 0 Å². The van der Waals surface area contributed by atoms with Crippen LogP contribution in [-0.4, -0.2) is 17.7 Å². The summed E-state index contributed by atoms with van der Waals surface area (Å²) in [5.41, 5.74) is 0.537. The van der Waals surface area contributed by atoms with Gasteiger partial charge in [0.25, 0.3) is 0 Å². The highest BCUT2D eigenvalue weighted by Crippen LogP contribution is 2.29. The normalized spacial score (nSPS) is 13.6. The monoisotopic (exact) mass is 314 g/mol. The van der Waals surface area contributed by atoms with Gasteiger partial charge in [-0.3, -0.25) is 4.98 Å². The van der Waals surface area contributed by atoms with Crippen LogP contribution in [0.25, 0.3) is 0 Å². The molecule has 0 saturated carbocycles. The van der Waals surface area contributed by atoms with Gasteiger partial charge in [0.1, 0.15) is 0 Å². The van der Waals surface area contributed by atoms with E-state index >= 15 is 0 Å². The molecule has 1 atom stereocenters. The number of halogens is 5. The number of alkyl halides is 3.